The molecule has 0 N–H and O–H groups in total. The fourth-order valence-corrected chi connectivity index (χ4v) is 7.10. The molecule has 5 heterocycles. The molecule has 9 nitrogen and oxygen atoms in total. The number of aryl methyl sites for hydroxylation is 1. The van der Waals surface area contributed by atoms with Gasteiger partial charge in [0.15, 0.2) is 23.0 Å². The van der Waals surface area contributed by atoms with E-state index in [0.29, 0.717) is 25.1 Å². The smallest absolute Gasteiger partial charge is 0.185 e. The Morgan fingerprint density at radius 3 is 2.56 bits per heavy atom. The fourth-order valence-electron chi connectivity index (χ4n) is 6.48. The van der Waals surface area contributed by atoms with Crippen molar-refractivity contribution in [1.29, 1.82) is 0 Å². The van der Waals surface area contributed by atoms with Crippen molar-refractivity contribution in [3.8, 4) is 11.5 Å². The molecule has 0 spiro atoms. The lowest BCUT2D eigenvalue weighted by Gasteiger charge is -2.41. The van der Waals surface area contributed by atoms with Gasteiger partial charge in [-0.2, -0.15) is 5.10 Å². The third-order valence-corrected chi connectivity index (χ3v) is 9.31. The molecular weight excluding hydrogens is 512 g/mol. The van der Waals surface area contributed by atoms with Crippen LogP contribution in [0.3, 0.4) is 0 Å². The van der Waals surface area contributed by atoms with E-state index in [4.69, 9.17) is 29.1 Å². The summed E-state index contributed by atoms with van der Waals surface area (Å²) in [5, 5.41) is 11.5. The number of likely N-dealkylation sites (N-methyl/N-ethyl adjacent to an activating group) is 1. The molecule has 2 aliphatic heterocycles. The van der Waals surface area contributed by atoms with Crippen LogP contribution in [-0.4, -0.2) is 74.7 Å². The lowest BCUT2D eigenvalue weighted by atomic mass is 9.80. The summed E-state index contributed by atoms with van der Waals surface area (Å²) in [6, 6.07) is 0.683. The van der Waals surface area contributed by atoms with Gasteiger partial charge < -0.3 is 18.9 Å². The average molecular weight is 557 g/mol. The molecule has 2 fully saturated rings. The number of unbranched alkanes of at least 4 members (excludes halogenated alkanes) is 1. The summed E-state index contributed by atoms with van der Waals surface area (Å²) in [6.45, 7) is 12.9. The Labute approximate surface area is 236 Å². The molecule has 0 amide bonds. The Morgan fingerprint density at radius 1 is 1.15 bits per heavy atom. The summed E-state index contributed by atoms with van der Waals surface area (Å²) in [5.74, 6) is 0.936. The zero-order chi connectivity index (χ0) is 27.7. The molecule has 3 aliphatic rings. The molecule has 214 valence electrons. The Hall–Kier alpha value is -2.01. The van der Waals surface area contributed by atoms with Gasteiger partial charge in [0.2, 0.25) is 0 Å². The molecule has 1 aliphatic carbocycles. The van der Waals surface area contributed by atoms with Crippen LogP contribution < -0.4 is 0 Å². The standard InChI is InChI=1S/C27H38N6O3S.C2H6/c1-6-7-12-27(34-14-15-35-27)19-10-8-9-18-22(31-36-23(18)19)24-28-25-21(26(29-24)37-5)16(2)30-33(25)17(3)20-11-13-32(20)4;1-2/h17,19-20H,6-15H2,1-5H3;1-2H3. The lowest BCUT2D eigenvalue weighted by molar-refractivity contribution is -0.186. The average Bonchev–Trinajstić information content (AvgIpc) is 3.69. The predicted octanol–water partition coefficient (Wildman–Crippen LogP) is 6.16. The number of hydrogen-bond donors (Lipinski definition) is 0. The van der Waals surface area contributed by atoms with Crippen molar-refractivity contribution in [1.82, 2.24) is 29.8 Å². The Kier molecular flexibility index (Phi) is 8.66. The number of ether oxygens (including phenoxy) is 2. The third kappa shape index (κ3) is 4.91. The highest BCUT2D eigenvalue weighted by atomic mass is 32.2. The van der Waals surface area contributed by atoms with Gasteiger partial charge in [0.25, 0.3) is 0 Å². The molecule has 3 aromatic heterocycles. The van der Waals surface area contributed by atoms with E-state index in [2.05, 4.69) is 48.8 Å². The number of nitrogens with zero attached hydrogens (tertiary/aromatic N) is 6. The molecule has 6 rings (SSSR count). The minimum atomic E-state index is -0.614. The quantitative estimate of drug-likeness (QED) is 0.239. The highest BCUT2D eigenvalue weighted by Gasteiger charge is 2.49. The van der Waals surface area contributed by atoms with Crippen molar-refractivity contribution in [2.75, 3.05) is 33.1 Å². The molecule has 2 saturated heterocycles. The van der Waals surface area contributed by atoms with E-state index in [1.54, 1.807) is 11.8 Å². The van der Waals surface area contributed by atoms with Gasteiger partial charge in [-0.3, -0.25) is 0 Å². The predicted molar refractivity (Wildman–Crippen MR) is 154 cm³/mol. The molecule has 0 saturated carbocycles. The molecule has 10 heteroatoms. The number of aromatic nitrogens is 5. The van der Waals surface area contributed by atoms with Crippen LogP contribution >= 0.6 is 11.8 Å². The van der Waals surface area contributed by atoms with E-state index < -0.39 is 5.79 Å². The Balaban J connectivity index is 0.00000151. The van der Waals surface area contributed by atoms with E-state index in [1.807, 2.05) is 13.8 Å². The molecule has 3 aromatic rings. The van der Waals surface area contributed by atoms with Crippen LogP contribution in [0.15, 0.2) is 9.55 Å². The van der Waals surface area contributed by atoms with Gasteiger partial charge in [0.1, 0.15) is 10.8 Å². The van der Waals surface area contributed by atoms with Crippen LogP contribution in [0.25, 0.3) is 22.6 Å². The van der Waals surface area contributed by atoms with Crippen LogP contribution in [0.1, 0.15) is 95.2 Å². The normalized spacial score (nSPS) is 23.3. The maximum Gasteiger partial charge on any atom is 0.185 e. The van der Waals surface area contributed by atoms with Crippen LogP contribution in [0.5, 0.6) is 0 Å². The highest BCUT2D eigenvalue weighted by molar-refractivity contribution is 7.98. The van der Waals surface area contributed by atoms with Gasteiger partial charge in [-0.25, -0.2) is 14.6 Å². The van der Waals surface area contributed by atoms with Gasteiger partial charge in [-0.15, -0.1) is 11.8 Å². The Morgan fingerprint density at radius 2 is 1.92 bits per heavy atom. The number of rotatable bonds is 8. The van der Waals surface area contributed by atoms with Gasteiger partial charge in [-0.05, 0) is 65.8 Å². The first kappa shape index (κ1) is 28.5. The molecule has 3 unspecified atom stereocenters. The third-order valence-electron chi connectivity index (χ3n) is 8.63. The van der Waals surface area contributed by atoms with E-state index in [1.165, 1.54) is 6.42 Å². The van der Waals surface area contributed by atoms with Crippen LogP contribution in [0.4, 0.5) is 0 Å². The first-order chi connectivity index (χ1) is 19.0. The second kappa shape index (κ2) is 11.8. The number of likely N-dealkylation sites (tertiary alicyclic amines) is 1. The van der Waals surface area contributed by atoms with Crippen LogP contribution in [0, 0.1) is 6.92 Å². The number of hydrogen-bond acceptors (Lipinski definition) is 9. The summed E-state index contributed by atoms with van der Waals surface area (Å²) in [4.78, 5) is 12.5. The Bertz CT molecular complexity index is 1280. The van der Waals surface area contributed by atoms with Gasteiger partial charge in [-0.1, -0.05) is 32.3 Å². The van der Waals surface area contributed by atoms with Gasteiger partial charge >= 0.3 is 0 Å². The van der Waals surface area contributed by atoms with Crippen molar-refractivity contribution in [2.45, 2.75) is 108 Å². The summed E-state index contributed by atoms with van der Waals surface area (Å²) < 4.78 is 20.8. The summed E-state index contributed by atoms with van der Waals surface area (Å²) >= 11 is 1.63. The summed E-state index contributed by atoms with van der Waals surface area (Å²) in [6.07, 6.45) is 9.16. The van der Waals surface area contributed by atoms with Crippen molar-refractivity contribution >= 4 is 22.8 Å². The fraction of sp³-hybridized carbons (Fsp3) is 0.724. The largest absolute Gasteiger partial charge is 0.360 e. The first-order valence-corrected chi connectivity index (χ1v) is 16.0. The lowest BCUT2D eigenvalue weighted by Crippen LogP contribution is -2.49. The monoisotopic (exact) mass is 556 g/mol. The second-order valence-corrected chi connectivity index (χ2v) is 11.6. The van der Waals surface area contributed by atoms with Gasteiger partial charge in [0, 0.05) is 18.0 Å². The maximum absolute atomic E-state index is 6.28. The SMILES string of the molecule is CC.CCCCC1(C2CCCc3c(-c4nc(SC)c5c(C)nn(C(C)C6CCN6C)c5n4)noc32)OCCO1. The van der Waals surface area contributed by atoms with Crippen molar-refractivity contribution in [3.63, 3.8) is 0 Å². The molecule has 0 aromatic carbocycles. The summed E-state index contributed by atoms with van der Waals surface area (Å²) in [7, 11) is 2.18. The van der Waals surface area contributed by atoms with Crippen LogP contribution in [-0.2, 0) is 15.9 Å². The van der Waals surface area contributed by atoms with E-state index >= 15 is 0 Å². The van der Waals surface area contributed by atoms with E-state index in [9.17, 15) is 0 Å². The first-order valence-electron chi connectivity index (χ1n) is 14.7. The van der Waals surface area contributed by atoms with Crippen molar-refractivity contribution in [2.24, 2.45) is 0 Å². The zero-order valence-electron chi connectivity index (χ0n) is 24.6. The number of fused-ring (bicyclic) bond motifs is 2. The maximum atomic E-state index is 6.28. The van der Waals surface area contributed by atoms with E-state index in [-0.39, 0.29) is 12.0 Å². The van der Waals surface area contributed by atoms with E-state index in [0.717, 1.165) is 83.8 Å². The number of thioether (sulfide) groups is 1. The van der Waals surface area contributed by atoms with Gasteiger partial charge in [0.05, 0.1) is 36.3 Å². The highest BCUT2D eigenvalue weighted by Crippen LogP contribution is 2.48. The molecule has 39 heavy (non-hydrogen) atoms. The molecular formula is C29H44N6O3S. The summed E-state index contributed by atoms with van der Waals surface area (Å²) in [5.41, 5.74) is 3.70. The minimum Gasteiger partial charge on any atom is -0.360 e. The minimum absolute atomic E-state index is 0.0391. The van der Waals surface area contributed by atoms with Crippen molar-refractivity contribution in [3.05, 3.63) is 17.0 Å². The second-order valence-electron chi connectivity index (χ2n) is 10.8. The topological polar surface area (TPSA) is 91.3 Å². The molecule has 0 bridgehead atoms. The van der Waals surface area contributed by atoms with Crippen LogP contribution in [0.2, 0.25) is 0 Å². The molecule has 0 radical (unpaired) electrons. The van der Waals surface area contributed by atoms with Crippen molar-refractivity contribution < 1.29 is 14.0 Å². The molecule has 3 atom stereocenters. The zero-order valence-corrected chi connectivity index (χ0v) is 25.4.